The van der Waals surface area contributed by atoms with E-state index in [0.717, 1.165) is 0 Å². The SMILES string of the molecule is CCOc1ccc(NC(=O)c2cc3ccccc3c(N=Nc3c(Cl)ccc(CC)c3S(=O)(=O)O)c2[O-])c(Cl)c1.[Na+]. The Morgan fingerprint density at radius 1 is 1.00 bits per heavy atom. The molecule has 0 unspecified atom stereocenters. The van der Waals surface area contributed by atoms with E-state index in [-0.39, 0.29) is 74.2 Å². The number of anilines is 1. The topological polar surface area (TPSA) is 140 Å². The molecule has 0 saturated carbocycles. The molecule has 0 aromatic heterocycles. The molecule has 4 aromatic rings. The van der Waals surface area contributed by atoms with Gasteiger partial charge in [0, 0.05) is 17.0 Å². The standard InChI is InChI=1S/C27H23Cl2N3O6S.Na/c1-3-15-9-11-20(28)24(26(15)39(35,36)37)32-31-23-18-8-6-5-7-16(18)13-19(25(23)33)27(34)30-22-12-10-17(38-4-2)14-21(22)29;/h5-14,33H,3-4H2,1-2H3,(H,30,34)(H,35,36,37);/q;+1/p-1. The second-order valence-corrected chi connectivity index (χ2v) is 10.4. The van der Waals surface area contributed by atoms with Gasteiger partial charge in [0.25, 0.3) is 16.0 Å². The van der Waals surface area contributed by atoms with Crippen LogP contribution in [0.15, 0.2) is 75.8 Å². The van der Waals surface area contributed by atoms with Gasteiger partial charge in [-0.2, -0.15) is 13.5 Å². The third-order valence-electron chi connectivity index (χ3n) is 5.77. The molecular formula is C27H22Cl2N3NaO6S. The Morgan fingerprint density at radius 3 is 2.35 bits per heavy atom. The molecular weight excluding hydrogens is 588 g/mol. The number of benzene rings is 4. The number of hydrogen-bond donors (Lipinski definition) is 2. The van der Waals surface area contributed by atoms with E-state index >= 15 is 0 Å². The molecule has 4 aromatic carbocycles. The molecule has 2 N–H and O–H groups in total. The van der Waals surface area contributed by atoms with Crippen molar-refractivity contribution in [3.8, 4) is 11.5 Å². The summed E-state index contributed by atoms with van der Waals surface area (Å²) in [5.74, 6) is -0.973. The number of azo groups is 1. The van der Waals surface area contributed by atoms with E-state index in [1.165, 1.54) is 18.2 Å². The van der Waals surface area contributed by atoms with Gasteiger partial charge in [0.05, 0.1) is 28.0 Å². The third kappa shape index (κ3) is 6.77. The number of carbonyl (C=O) groups excluding carboxylic acids is 1. The Kier molecular flexibility index (Phi) is 10.6. The fourth-order valence-electron chi connectivity index (χ4n) is 3.97. The van der Waals surface area contributed by atoms with Crippen molar-refractivity contribution in [2.24, 2.45) is 10.2 Å². The molecule has 0 heterocycles. The number of ether oxygens (including phenoxy) is 1. The Bertz CT molecular complexity index is 1730. The monoisotopic (exact) mass is 609 g/mol. The fourth-order valence-corrected chi connectivity index (χ4v) is 5.38. The van der Waals surface area contributed by atoms with Crippen molar-refractivity contribution in [1.29, 1.82) is 0 Å². The Morgan fingerprint density at radius 2 is 1.70 bits per heavy atom. The van der Waals surface area contributed by atoms with Crippen LogP contribution in [0, 0.1) is 0 Å². The van der Waals surface area contributed by atoms with E-state index in [0.29, 0.717) is 23.1 Å². The van der Waals surface area contributed by atoms with Crippen LogP contribution in [0.3, 0.4) is 0 Å². The maximum atomic E-state index is 13.5. The van der Waals surface area contributed by atoms with Gasteiger partial charge < -0.3 is 15.2 Å². The summed E-state index contributed by atoms with van der Waals surface area (Å²) in [7, 11) is -4.72. The third-order valence-corrected chi connectivity index (χ3v) is 7.36. The molecule has 4 rings (SSSR count). The average molecular weight is 610 g/mol. The minimum absolute atomic E-state index is 0. The normalized spacial score (nSPS) is 11.4. The van der Waals surface area contributed by atoms with E-state index in [9.17, 15) is 22.9 Å². The van der Waals surface area contributed by atoms with Gasteiger partial charge in [-0.15, -0.1) is 5.11 Å². The number of aryl methyl sites for hydroxylation is 1. The molecule has 0 saturated heterocycles. The summed E-state index contributed by atoms with van der Waals surface area (Å²) in [5.41, 5.74) is -0.241. The molecule has 1 amide bonds. The van der Waals surface area contributed by atoms with Crippen molar-refractivity contribution < 1.29 is 57.2 Å². The Hall–Kier alpha value is -2.70. The van der Waals surface area contributed by atoms with Crippen LogP contribution in [0.5, 0.6) is 11.5 Å². The van der Waals surface area contributed by atoms with E-state index in [1.807, 2.05) is 6.92 Å². The van der Waals surface area contributed by atoms with Crippen molar-refractivity contribution in [1.82, 2.24) is 0 Å². The zero-order chi connectivity index (χ0) is 28.3. The zero-order valence-electron chi connectivity index (χ0n) is 21.7. The minimum Gasteiger partial charge on any atom is -0.870 e. The first-order valence-electron chi connectivity index (χ1n) is 11.7. The number of fused-ring (bicyclic) bond motifs is 1. The molecule has 0 fully saturated rings. The predicted molar refractivity (Wildman–Crippen MR) is 149 cm³/mol. The van der Waals surface area contributed by atoms with Crippen LogP contribution >= 0.6 is 23.2 Å². The van der Waals surface area contributed by atoms with E-state index in [4.69, 9.17) is 27.9 Å². The molecule has 0 aliphatic carbocycles. The number of hydrogen-bond acceptors (Lipinski definition) is 7. The van der Waals surface area contributed by atoms with Gasteiger partial charge in [0.1, 0.15) is 16.3 Å². The van der Waals surface area contributed by atoms with E-state index in [1.54, 1.807) is 49.4 Å². The number of nitrogens with one attached hydrogen (secondary N) is 1. The average Bonchev–Trinajstić information content (AvgIpc) is 2.89. The molecule has 0 aliphatic heterocycles. The van der Waals surface area contributed by atoms with Gasteiger partial charge >= 0.3 is 29.6 Å². The second kappa shape index (κ2) is 13.3. The van der Waals surface area contributed by atoms with E-state index in [2.05, 4.69) is 15.5 Å². The summed E-state index contributed by atoms with van der Waals surface area (Å²) in [6.45, 7) is 3.96. The number of carbonyl (C=O) groups is 1. The molecule has 0 aliphatic rings. The Balaban J connectivity index is 0.00000441. The minimum atomic E-state index is -4.72. The van der Waals surface area contributed by atoms with Crippen molar-refractivity contribution in [2.45, 2.75) is 25.2 Å². The Labute approximate surface area is 263 Å². The van der Waals surface area contributed by atoms with Gasteiger partial charge in [-0.1, -0.05) is 66.2 Å². The maximum absolute atomic E-state index is 13.5. The summed E-state index contributed by atoms with van der Waals surface area (Å²) >= 11 is 12.5. The predicted octanol–water partition coefficient (Wildman–Crippen LogP) is 4.10. The summed E-state index contributed by atoms with van der Waals surface area (Å²) in [4.78, 5) is 12.7. The smallest absolute Gasteiger partial charge is 0.870 e. The molecule has 40 heavy (non-hydrogen) atoms. The van der Waals surface area contributed by atoms with Gasteiger partial charge in [-0.3, -0.25) is 9.35 Å². The summed E-state index contributed by atoms with van der Waals surface area (Å²) in [6, 6.07) is 15.7. The number of nitrogens with zero attached hydrogens (tertiary/aromatic N) is 2. The van der Waals surface area contributed by atoms with Gasteiger partial charge in [0.2, 0.25) is 0 Å². The largest absolute Gasteiger partial charge is 1.00 e. The van der Waals surface area contributed by atoms with Crippen LogP contribution < -0.4 is 44.7 Å². The number of rotatable bonds is 8. The van der Waals surface area contributed by atoms with Crippen LogP contribution in [0.4, 0.5) is 17.1 Å². The fraction of sp³-hybridized carbons (Fsp3) is 0.148. The van der Waals surface area contributed by atoms with Gasteiger partial charge in [-0.05, 0) is 48.6 Å². The van der Waals surface area contributed by atoms with Crippen molar-refractivity contribution in [2.75, 3.05) is 11.9 Å². The van der Waals surface area contributed by atoms with Crippen molar-refractivity contribution in [3.63, 3.8) is 0 Å². The first-order chi connectivity index (χ1) is 18.5. The molecule has 202 valence electrons. The van der Waals surface area contributed by atoms with Gasteiger partial charge in [0.15, 0.2) is 0 Å². The summed E-state index contributed by atoms with van der Waals surface area (Å²) in [5, 5.41) is 25.1. The molecule has 0 spiro atoms. The summed E-state index contributed by atoms with van der Waals surface area (Å²) in [6.07, 6.45) is 0.258. The van der Waals surface area contributed by atoms with Crippen LogP contribution in [-0.4, -0.2) is 25.5 Å². The molecule has 0 atom stereocenters. The van der Waals surface area contributed by atoms with Crippen molar-refractivity contribution >= 4 is 67.1 Å². The molecule has 13 heteroatoms. The molecule has 0 radical (unpaired) electrons. The van der Waals surface area contributed by atoms with E-state index < -0.39 is 26.7 Å². The van der Waals surface area contributed by atoms with Crippen LogP contribution in [-0.2, 0) is 16.5 Å². The molecule has 9 nitrogen and oxygen atoms in total. The van der Waals surface area contributed by atoms with Crippen molar-refractivity contribution in [3.05, 3.63) is 81.8 Å². The number of amides is 1. The molecule has 0 bridgehead atoms. The first kappa shape index (κ1) is 31.8. The first-order valence-corrected chi connectivity index (χ1v) is 13.9. The van der Waals surface area contributed by atoms with Crippen LogP contribution in [0.25, 0.3) is 10.8 Å². The van der Waals surface area contributed by atoms with Crippen LogP contribution in [0.1, 0.15) is 29.8 Å². The maximum Gasteiger partial charge on any atom is 1.00 e. The number of halogens is 2. The zero-order valence-corrected chi connectivity index (χ0v) is 26.1. The quantitative estimate of drug-likeness (QED) is 0.175. The van der Waals surface area contributed by atoms with Crippen LogP contribution in [0.2, 0.25) is 10.0 Å². The van der Waals surface area contributed by atoms with Gasteiger partial charge in [-0.25, -0.2) is 0 Å². The summed E-state index contributed by atoms with van der Waals surface area (Å²) < 4.78 is 39.5. The second-order valence-electron chi connectivity index (χ2n) is 8.26.